The topological polar surface area (TPSA) is 47.6 Å². The van der Waals surface area contributed by atoms with Crippen molar-refractivity contribution in [1.29, 1.82) is 0 Å². The maximum atomic E-state index is 11.7. The Balaban J connectivity index is 2.29. The summed E-state index contributed by atoms with van der Waals surface area (Å²) in [7, 11) is 1.69. The molecule has 0 fully saturated rings. The molecule has 4 nitrogen and oxygen atoms in total. The minimum atomic E-state index is -0.415. The number of carbonyl (C=O) groups is 1. The maximum Gasteiger partial charge on any atom is 0.407 e. The van der Waals surface area contributed by atoms with E-state index in [0.717, 1.165) is 12.0 Å². The Kier molecular flexibility index (Phi) is 6.96. The van der Waals surface area contributed by atoms with Crippen molar-refractivity contribution in [3.8, 4) is 0 Å². The molecule has 1 aromatic carbocycles. The predicted octanol–water partition coefficient (Wildman–Crippen LogP) is 3.67. The van der Waals surface area contributed by atoms with Gasteiger partial charge in [-0.15, -0.1) is 0 Å². The molecular formula is C17H25NO3. The highest BCUT2D eigenvalue weighted by molar-refractivity contribution is 5.67. The lowest BCUT2D eigenvalue weighted by Crippen LogP contribution is -2.31. The van der Waals surface area contributed by atoms with E-state index < -0.39 is 6.09 Å². The summed E-state index contributed by atoms with van der Waals surface area (Å²) in [5.74, 6) is 0. The summed E-state index contributed by atoms with van der Waals surface area (Å²) in [4.78, 5) is 11.7. The van der Waals surface area contributed by atoms with Crippen LogP contribution in [-0.4, -0.2) is 24.8 Å². The molecule has 21 heavy (non-hydrogen) atoms. The fraction of sp³-hybridized carbons (Fsp3) is 0.471. The maximum absolute atomic E-state index is 11.7. The molecule has 1 amide bonds. The molecule has 116 valence electrons. The van der Waals surface area contributed by atoms with Gasteiger partial charge in [-0.05, 0) is 32.8 Å². The van der Waals surface area contributed by atoms with Crippen LogP contribution in [0.25, 0.3) is 0 Å². The monoisotopic (exact) mass is 291 g/mol. The van der Waals surface area contributed by atoms with Crippen molar-refractivity contribution < 1.29 is 14.3 Å². The average molecular weight is 291 g/mol. The van der Waals surface area contributed by atoms with Crippen molar-refractivity contribution in [3.05, 3.63) is 48.0 Å². The van der Waals surface area contributed by atoms with Crippen LogP contribution in [0.3, 0.4) is 0 Å². The van der Waals surface area contributed by atoms with Crippen molar-refractivity contribution >= 4 is 6.09 Å². The van der Waals surface area contributed by atoms with Gasteiger partial charge in [-0.25, -0.2) is 4.79 Å². The number of hydrogen-bond donors (Lipinski definition) is 1. The molecule has 0 aliphatic rings. The second kappa shape index (κ2) is 8.47. The van der Waals surface area contributed by atoms with Gasteiger partial charge in [0.1, 0.15) is 6.61 Å². The Hall–Kier alpha value is -1.81. The van der Waals surface area contributed by atoms with E-state index in [1.807, 2.05) is 63.3 Å². The molecule has 1 atom stereocenters. The SMILES string of the molecule is COC(C)(C)CC=CC(C)NC(=O)OCc1ccccc1. The molecule has 0 bridgehead atoms. The number of rotatable bonds is 7. The zero-order chi connectivity index (χ0) is 15.7. The quantitative estimate of drug-likeness (QED) is 0.780. The molecule has 0 heterocycles. The molecule has 1 unspecified atom stereocenters. The number of ether oxygens (including phenoxy) is 2. The lowest BCUT2D eigenvalue weighted by Gasteiger charge is -2.20. The van der Waals surface area contributed by atoms with Crippen molar-refractivity contribution in [3.63, 3.8) is 0 Å². The number of amides is 1. The molecule has 1 aromatic rings. The molecule has 1 N–H and O–H groups in total. The number of nitrogens with one attached hydrogen (secondary N) is 1. The molecule has 0 saturated carbocycles. The second-order valence-electron chi connectivity index (χ2n) is 5.59. The zero-order valence-corrected chi connectivity index (χ0v) is 13.3. The van der Waals surface area contributed by atoms with Crippen LogP contribution in [0.4, 0.5) is 4.79 Å². The lowest BCUT2D eigenvalue weighted by atomic mass is 10.0. The largest absolute Gasteiger partial charge is 0.445 e. The second-order valence-corrected chi connectivity index (χ2v) is 5.59. The Morgan fingerprint density at radius 1 is 1.33 bits per heavy atom. The van der Waals surface area contributed by atoms with Crippen LogP contribution in [0.2, 0.25) is 0 Å². The first-order chi connectivity index (χ1) is 9.93. The van der Waals surface area contributed by atoms with Gasteiger partial charge in [0.15, 0.2) is 0 Å². The molecule has 0 saturated heterocycles. The van der Waals surface area contributed by atoms with Gasteiger partial charge < -0.3 is 14.8 Å². The van der Waals surface area contributed by atoms with E-state index in [4.69, 9.17) is 9.47 Å². The summed E-state index contributed by atoms with van der Waals surface area (Å²) < 4.78 is 10.5. The van der Waals surface area contributed by atoms with E-state index in [0.29, 0.717) is 0 Å². The van der Waals surface area contributed by atoms with Crippen LogP contribution >= 0.6 is 0 Å². The van der Waals surface area contributed by atoms with Crippen molar-refractivity contribution in [2.75, 3.05) is 7.11 Å². The minimum Gasteiger partial charge on any atom is -0.445 e. The van der Waals surface area contributed by atoms with Gasteiger partial charge in [-0.2, -0.15) is 0 Å². The standard InChI is InChI=1S/C17H25NO3/c1-14(9-8-12-17(2,3)20-4)18-16(19)21-13-15-10-6-5-7-11-15/h5-11,14H,12-13H2,1-4H3,(H,18,19). The molecular weight excluding hydrogens is 266 g/mol. The van der Waals surface area contributed by atoms with Gasteiger partial charge in [0.25, 0.3) is 0 Å². The van der Waals surface area contributed by atoms with Crippen LogP contribution in [0.15, 0.2) is 42.5 Å². The fourth-order valence-corrected chi connectivity index (χ4v) is 1.64. The van der Waals surface area contributed by atoms with Crippen LogP contribution < -0.4 is 5.32 Å². The highest BCUT2D eigenvalue weighted by Crippen LogP contribution is 2.13. The molecule has 0 radical (unpaired) electrons. The van der Waals surface area contributed by atoms with E-state index in [1.165, 1.54) is 0 Å². The van der Waals surface area contributed by atoms with Gasteiger partial charge >= 0.3 is 6.09 Å². The lowest BCUT2D eigenvalue weighted by molar-refractivity contribution is 0.0254. The van der Waals surface area contributed by atoms with Gasteiger partial charge in [0.2, 0.25) is 0 Å². The first kappa shape index (κ1) is 17.2. The van der Waals surface area contributed by atoms with E-state index >= 15 is 0 Å². The summed E-state index contributed by atoms with van der Waals surface area (Å²) in [6.45, 7) is 6.22. The normalized spacial score (nSPS) is 13.1. The van der Waals surface area contributed by atoms with Crippen LogP contribution in [-0.2, 0) is 16.1 Å². The Morgan fingerprint density at radius 3 is 2.62 bits per heavy atom. The Morgan fingerprint density at radius 2 is 2.00 bits per heavy atom. The third-order valence-electron chi connectivity index (χ3n) is 3.15. The Bertz CT molecular complexity index is 454. The van der Waals surface area contributed by atoms with Crippen molar-refractivity contribution in [2.45, 2.75) is 45.4 Å². The zero-order valence-electron chi connectivity index (χ0n) is 13.3. The van der Waals surface area contributed by atoms with Gasteiger partial charge in [0.05, 0.1) is 5.60 Å². The van der Waals surface area contributed by atoms with E-state index in [9.17, 15) is 4.79 Å². The summed E-state index contributed by atoms with van der Waals surface area (Å²) in [6, 6.07) is 9.52. The average Bonchev–Trinajstić information content (AvgIpc) is 2.46. The number of benzene rings is 1. The van der Waals surface area contributed by atoms with Gasteiger partial charge in [-0.1, -0.05) is 42.5 Å². The molecule has 0 spiro atoms. The van der Waals surface area contributed by atoms with E-state index in [-0.39, 0.29) is 18.2 Å². The summed E-state index contributed by atoms with van der Waals surface area (Å²) in [5, 5.41) is 2.77. The smallest absolute Gasteiger partial charge is 0.407 e. The van der Waals surface area contributed by atoms with Crippen LogP contribution in [0, 0.1) is 0 Å². The summed E-state index contributed by atoms with van der Waals surface area (Å²) in [6.07, 6.45) is 4.31. The summed E-state index contributed by atoms with van der Waals surface area (Å²) >= 11 is 0. The minimum absolute atomic E-state index is 0.0825. The summed E-state index contributed by atoms with van der Waals surface area (Å²) in [5.41, 5.74) is 0.780. The van der Waals surface area contributed by atoms with E-state index in [1.54, 1.807) is 7.11 Å². The van der Waals surface area contributed by atoms with Crippen LogP contribution in [0.1, 0.15) is 32.8 Å². The number of hydrogen-bond acceptors (Lipinski definition) is 3. The molecule has 0 aliphatic carbocycles. The molecule has 0 aromatic heterocycles. The number of carbonyl (C=O) groups excluding carboxylic acids is 1. The highest BCUT2D eigenvalue weighted by atomic mass is 16.5. The third kappa shape index (κ3) is 7.51. The van der Waals surface area contributed by atoms with Gasteiger partial charge in [0, 0.05) is 13.2 Å². The fourth-order valence-electron chi connectivity index (χ4n) is 1.64. The molecule has 1 rings (SSSR count). The highest BCUT2D eigenvalue weighted by Gasteiger charge is 2.13. The van der Waals surface area contributed by atoms with Crippen molar-refractivity contribution in [1.82, 2.24) is 5.32 Å². The molecule has 4 heteroatoms. The predicted molar refractivity (Wildman–Crippen MR) is 84.1 cm³/mol. The first-order valence-corrected chi connectivity index (χ1v) is 7.12. The third-order valence-corrected chi connectivity index (χ3v) is 3.15. The molecule has 0 aliphatic heterocycles. The number of methoxy groups -OCH3 is 1. The Labute approximate surface area is 127 Å². The first-order valence-electron chi connectivity index (χ1n) is 7.12. The van der Waals surface area contributed by atoms with Crippen molar-refractivity contribution in [2.24, 2.45) is 0 Å². The van der Waals surface area contributed by atoms with Crippen LogP contribution in [0.5, 0.6) is 0 Å². The van der Waals surface area contributed by atoms with E-state index in [2.05, 4.69) is 5.32 Å². The number of alkyl carbamates (subject to hydrolysis) is 1. The van der Waals surface area contributed by atoms with Gasteiger partial charge in [-0.3, -0.25) is 0 Å².